The number of carbonyl (C=O) groups is 2. The lowest BCUT2D eigenvalue weighted by Crippen LogP contribution is -2.32. The summed E-state index contributed by atoms with van der Waals surface area (Å²) in [6.45, 7) is 0. The number of hydrogen-bond acceptors (Lipinski definition) is 3. The van der Waals surface area contributed by atoms with Crippen molar-refractivity contribution in [3.8, 4) is 11.5 Å². The van der Waals surface area contributed by atoms with E-state index in [2.05, 4.69) is 0 Å². The third-order valence-electron chi connectivity index (χ3n) is 3.37. The van der Waals surface area contributed by atoms with Crippen LogP contribution in [0.1, 0.15) is 15.9 Å². The van der Waals surface area contributed by atoms with E-state index in [0.29, 0.717) is 5.56 Å². The van der Waals surface area contributed by atoms with Crippen molar-refractivity contribution in [2.24, 2.45) is 11.7 Å². The van der Waals surface area contributed by atoms with Crippen molar-refractivity contribution >= 4 is 11.7 Å². The summed E-state index contributed by atoms with van der Waals surface area (Å²) in [6.07, 6.45) is 0.270. The molecule has 0 fully saturated rings. The Hall–Kier alpha value is -2.62. The minimum Gasteiger partial charge on any atom is -0.449 e. The molecule has 20 heavy (non-hydrogen) atoms. The molecule has 0 saturated heterocycles. The number of Topliss-reactive ketones (excluding diaryl/α,β-unsaturated/α-hetero) is 1. The van der Waals surface area contributed by atoms with Gasteiger partial charge in [0.2, 0.25) is 5.91 Å². The maximum Gasteiger partial charge on any atom is 0.228 e. The second-order valence-electron chi connectivity index (χ2n) is 4.74. The van der Waals surface area contributed by atoms with Gasteiger partial charge >= 0.3 is 0 Å². The van der Waals surface area contributed by atoms with E-state index in [0.717, 1.165) is 17.1 Å². The number of amides is 1. The minimum atomic E-state index is -0.868. The van der Waals surface area contributed by atoms with E-state index >= 15 is 0 Å². The van der Waals surface area contributed by atoms with Crippen LogP contribution in [-0.4, -0.2) is 11.7 Å². The van der Waals surface area contributed by atoms with Crippen molar-refractivity contribution in [2.45, 2.75) is 6.42 Å². The molecular weight excluding hydrogens is 254 g/mol. The Bertz CT molecular complexity index is 679. The second kappa shape index (κ2) is 4.81. The molecule has 2 aromatic rings. The van der Waals surface area contributed by atoms with E-state index in [1.807, 2.05) is 24.3 Å². The quantitative estimate of drug-likeness (QED) is 0.438. The predicted octanol–water partition coefficient (Wildman–Crippen LogP) is 2.32. The van der Waals surface area contributed by atoms with E-state index in [4.69, 9.17) is 10.5 Å². The normalized spacial score (nSPS) is 13.0. The zero-order chi connectivity index (χ0) is 14.1. The lowest BCUT2D eigenvalue weighted by atomic mass is 9.91. The molecule has 2 N–H and O–H groups in total. The molecule has 2 aromatic carbocycles. The Kier molecular flexibility index (Phi) is 2.99. The van der Waals surface area contributed by atoms with Gasteiger partial charge < -0.3 is 10.5 Å². The largest absolute Gasteiger partial charge is 0.449 e. The molecule has 1 unspecified atom stereocenters. The molecule has 1 amide bonds. The average molecular weight is 267 g/mol. The third kappa shape index (κ3) is 2.28. The van der Waals surface area contributed by atoms with Gasteiger partial charge in [-0.25, -0.2) is 0 Å². The first kappa shape index (κ1) is 12.4. The molecule has 1 aliphatic rings. The summed E-state index contributed by atoms with van der Waals surface area (Å²) >= 11 is 0. The highest BCUT2D eigenvalue weighted by Crippen LogP contribution is 2.48. The van der Waals surface area contributed by atoms with Crippen LogP contribution in [0.2, 0.25) is 0 Å². The van der Waals surface area contributed by atoms with Crippen LogP contribution in [-0.2, 0) is 11.2 Å². The summed E-state index contributed by atoms with van der Waals surface area (Å²) in [7, 11) is 0. The lowest BCUT2D eigenvalue weighted by molar-refractivity contribution is -0.120. The Labute approximate surface area is 116 Å². The highest BCUT2D eigenvalue weighted by molar-refractivity contribution is 6.09. The van der Waals surface area contributed by atoms with Crippen molar-refractivity contribution < 1.29 is 14.3 Å². The van der Waals surface area contributed by atoms with Gasteiger partial charge in [0, 0.05) is 5.56 Å². The van der Waals surface area contributed by atoms with Crippen LogP contribution >= 0.6 is 0 Å². The monoisotopic (exact) mass is 267 g/mol. The van der Waals surface area contributed by atoms with Gasteiger partial charge in [-0.2, -0.15) is 0 Å². The molecule has 4 heteroatoms. The minimum absolute atomic E-state index is 0.253. The summed E-state index contributed by atoms with van der Waals surface area (Å²) in [5, 5.41) is 0. The molecule has 100 valence electrons. The van der Waals surface area contributed by atoms with E-state index in [-0.39, 0.29) is 12.2 Å². The molecule has 0 bridgehead atoms. The van der Waals surface area contributed by atoms with Crippen molar-refractivity contribution in [1.29, 1.82) is 0 Å². The summed E-state index contributed by atoms with van der Waals surface area (Å²) in [5.74, 6) is -0.168. The topological polar surface area (TPSA) is 72.7 Å². The van der Waals surface area contributed by atoms with Crippen LogP contribution in [0.25, 0.3) is 0 Å². The van der Waals surface area contributed by atoms with Crippen molar-refractivity contribution in [3.63, 3.8) is 0 Å². The number of carbonyl (C=O) groups excluding carboxylic acids is 2. The smallest absolute Gasteiger partial charge is 0.228 e. The maximum atomic E-state index is 12.4. The number of nitrogens with two attached hydrogens (primary N) is 1. The van der Waals surface area contributed by atoms with Gasteiger partial charge in [-0.1, -0.05) is 42.5 Å². The number of benzene rings is 2. The van der Waals surface area contributed by atoms with Gasteiger partial charge in [0.1, 0.15) is 5.92 Å². The molecule has 1 atom stereocenters. The van der Waals surface area contributed by atoms with Gasteiger partial charge in [0.25, 0.3) is 0 Å². The number of fused-ring (bicyclic) bond motifs is 1. The predicted molar refractivity (Wildman–Crippen MR) is 73.7 cm³/mol. The molecule has 0 radical (unpaired) electrons. The van der Waals surface area contributed by atoms with Crippen molar-refractivity contribution in [1.82, 2.24) is 0 Å². The number of rotatable bonds is 5. The summed E-state index contributed by atoms with van der Waals surface area (Å²) in [5.41, 5.74) is 6.73. The molecule has 1 heterocycles. The number of primary amides is 1. The molecule has 1 aliphatic heterocycles. The summed E-state index contributed by atoms with van der Waals surface area (Å²) < 4.78 is 5.27. The van der Waals surface area contributed by atoms with E-state index in [9.17, 15) is 9.59 Å². The average Bonchev–Trinajstić information content (AvgIpc) is 3.24. The van der Waals surface area contributed by atoms with Crippen LogP contribution in [0.5, 0.6) is 11.5 Å². The summed E-state index contributed by atoms with van der Waals surface area (Å²) in [4.78, 5) is 24.0. The number of ether oxygens (including phenoxy) is 1. The molecule has 3 rings (SSSR count). The fourth-order valence-corrected chi connectivity index (χ4v) is 2.25. The number of hydrogen-bond donors (Lipinski definition) is 1. The van der Waals surface area contributed by atoms with Crippen molar-refractivity contribution in [3.05, 3.63) is 59.7 Å². The van der Waals surface area contributed by atoms with Crippen LogP contribution < -0.4 is 10.5 Å². The Morgan fingerprint density at radius 3 is 2.50 bits per heavy atom. The molecular formula is C16H13NO3. The van der Waals surface area contributed by atoms with Crippen LogP contribution in [0.3, 0.4) is 0 Å². The van der Waals surface area contributed by atoms with Crippen LogP contribution in [0.15, 0.2) is 48.5 Å². The SMILES string of the molecule is NC(=O)C(Cc1cccc2c1O2)C(=O)c1ccccc1. The van der Waals surface area contributed by atoms with Gasteiger partial charge in [-0.15, -0.1) is 0 Å². The first-order valence-corrected chi connectivity index (χ1v) is 6.35. The van der Waals surface area contributed by atoms with E-state index < -0.39 is 11.8 Å². The summed E-state index contributed by atoms with van der Waals surface area (Å²) in [6, 6.07) is 14.2. The molecule has 0 aromatic heterocycles. The standard InChI is InChI=1S/C16H13NO3/c17-16(19)12(14(18)10-5-2-1-3-6-10)9-11-7-4-8-13-15(11)20-13/h1-8,12H,9H2,(H2,17,19). The van der Waals surface area contributed by atoms with Crippen molar-refractivity contribution in [2.75, 3.05) is 0 Å². The zero-order valence-electron chi connectivity index (χ0n) is 10.7. The molecule has 4 nitrogen and oxygen atoms in total. The van der Waals surface area contributed by atoms with E-state index in [1.165, 1.54) is 0 Å². The number of para-hydroxylation sites is 1. The Morgan fingerprint density at radius 2 is 1.80 bits per heavy atom. The fourth-order valence-electron chi connectivity index (χ4n) is 2.25. The lowest BCUT2D eigenvalue weighted by Gasteiger charge is -2.11. The fraction of sp³-hybridized carbons (Fsp3) is 0.125. The van der Waals surface area contributed by atoms with Gasteiger partial charge in [0.15, 0.2) is 17.3 Å². The van der Waals surface area contributed by atoms with E-state index in [1.54, 1.807) is 24.3 Å². The Morgan fingerprint density at radius 1 is 1.05 bits per heavy atom. The molecule has 0 saturated carbocycles. The van der Waals surface area contributed by atoms with Gasteiger partial charge in [0.05, 0.1) is 0 Å². The Balaban J connectivity index is 1.86. The first-order valence-electron chi connectivity index (χ1n) is 6.35. The second-order valence-corrected chi connectivity index (χ2v) is 4.74. The van der Waals surface area contributed by atoms with Gasteiger partial charge in [-0.3, -0.25) is 9.59 Å². The third-order valence-corrected chi connectivity index (χ3v) is 3.37. The number of ketones is 1. The first-order chi connectivity index (χ1) is 9.66. The zero-order valence-corrected chi connectivity index (χ0v) is 10.7. The highest BCUT2D eigenvalue weighted by Gasteiger charge is 2.31. The molecule has 0 aliphatic carbocycles. The van der Waals surface area contributed by atoms with Crippen LogP contribution in [0.4, 0.5) is 0 Å². The maximum absolute atomic E-state index is 12.4. The highest BCUT2D eigenvalue weighted by atomic mass is 16.6. The van der Waals surface area contributed by atoms with Crippen LogP contribution in [0, 0.1) is 5.92 Å². The molecule has 0 spiro atoms. The van der Waals surface area contributed by atoms with Gasteiger partial charge in [-0.05, 0) is 18.1 Å².